The number of anilines is 1. The van der Waals surface area contributed by atoms with Crippen molar-refractivity contribution in [3.05, 3.63) is 58.1 Å². The third kappa shape index (κ3) is 3.38. The van der Waals surface area contributed by atoms with Gasteiger partial charge < -0.3 is 15.2 Å². The zero-order chi connectivity index (χ0) is 16.3. The predicted molar refractivity (Wildman–Crippen MR) is 84.1 cm³/mol. The first kappa shape index (κ1) is 15.9. The Morgan fingerprint density at radius 2 is 1.95 bits per heavy atom. The molecular formula is C16H14ClNO4. The lowest BCUT2D eigenvalue weighted by Crippen LogP contribution is -2.13. The van der Waals surface area contributed by atoms with Crippen molar-refractivity contribution in [2.24, 2.45) is 0 Å². The molecule has 6 heteroatoms. The van der Waals surface area contributed by atoms with Gasteiger partial charge in [-0.2, -0.15) is 0 Å². The second-order valence-electron chi connectivity index (χ2n) is 4.66. The van der Waals surface area contributed by atoms with Gasteiger partial charge in [-0.05, 0) is 25.1 Å². The van der Waals surface area contributed by atoms with Gasteiger partial charge in [-0.1, -0.05) is 29.3 Å². The summed E-state index contributed by atoms with van der Waals surface area (Å²) in [5, 5.41) is 11.9. The number of carbonyl (C=O) groups is 2. The number of aromatic carboxylic acids is 1. The molecule has 22 heavy (non-hydrogen) atoms. The van der Waals surface area contributed by atoms with E-state index < -0.39 is 5.97 Å². The van der Waals surface area contributed by atoms with E-state index >= 15 is 0 Å². The first-order valence-electron chi connectivity index (χ1n) is 6.41. The maximum Gasteiger partial charge on any atom is 0.339 e. The lowest BCUT2D eigenvalue weighted by atomic mass is 10.1. The van der Waals surface area contributed by atoms with Crippen molar-refractivity contribution in [3.63, 3.8) is 0 Å². The van der Waals surface area contributed by atoms with Gasteiger partial charge in [0.2, 0.25) is 0 Å². The molecule has 5 nitrogen and oxygen atoms in total. The van der Waals surface area contributed by atoms with Crippen molar-refractivity contribution in [1.82, 2.24) is 0 Å². The van der Waals surface area contributed by atoms with Crippen LogP contribution in [0.5, 0.6) is 5.75 Å². The smallest absolute Gasteiger partial charge is 0.339 e. The molecule has 2 rings (SSSR count). The van der Waals surface area contributed by atoms with Gasteiger partial charge in [-0.15, -0.1) is 0 Å². The largest absolute Gasteiger partial charge is 0.496 e. The van der Waals surface area contributed by atoms with E-state index in [-0.39, 0.29) is 27.9 Å². The van der Waals surface area contributed by atoms with Crippen LogP contribution in [0, 0.1) is 6.92 Å². The van der Waals surface area contributed by atoms with E-state index in [2.05, 4.69) is 5.32 Å². The van der Waals surface area contributed by atoms with Gasteiger partial charge in [0.05, 0.1) is 17.8 Å². The molecular weight excluding hydrogens is 306 g/mol. The second-order valence-corrected chi connectivity index (χ2v) is 5.07. The Hall–Kier alpha value is -2.53. The quantitative estimate of drug-likeness (QED) is 0.902. The third-order valence-electron chi connectivity index (χ3n) is 3.05. The fourth-order valence-electron chi connectivity index (χ4n) is 1.97. The lowest BCUT2D eigenvalue weighted by molar-refractivity contribution is 0.0693. The Bertz CT molecular complexity index is 743. The van der Waals surface area contributed by atoms with Crippen molar-refractivity contribution in [1.29, 1.82) is 0 Å². The molecule has 0 aliphatic carbocycles. The standard InChI is InChI=1S/C16H14ClNO4/c1-9-4-3-5-10(6-9)15(19)18-13-8-14(22-2)11(16(20)21)7-12(13)17/h3-8H,1-2H3,(H,18,19)(H,20,21). The predicted octanol–water partition coefficient (Wildman–Crippen LogP) is 3.61. The number of rotatable bonds is 4. The number of carboxylic acids is 1. The molecule has 0 spiro atoms. The molecule has 2 aromatic carbocycles. The molecule has 2 aromatic rings. The van der Waals surface area contributed by atoms with Crippen LogP contribution in [0.2, 0.25) is 5.02 Å². The Morgan fingerprint density at radius 1 is 1.23 bits per heavy atom. The molecule has 0 saturated heterocycles. The Kier molecular flexibility index (Phi) is 4.68. The highest BCUT2D eigenvalue weighted by Crippen LogP contribution is 2.31. The Labute approximate surface area is 132 Å². The highest BCUT2D eigenvalue weighted by atomic mass is 35.5. The molecule has 0 radical (unpaired) electrons. The van der Waals surface area contributed by atoms with Crippen molar-refractivity contribution in [3.8, 4) is 5.75 Å². The zero-order valence-electron chi connectivity index (χ0n) is 12.0. The van der Waals surface area contributed by atoms with Gasteiger partial charge in [-0.25, -0.2) is 4.79 Å². The van der Waals surface area contributed by atoms with E-state index in [4.69, 9.17) is 21.4 Å². The van der Waals surface area contributed by atoms with Crippen LogP contribution in [0.3, 0.4) is 0 Å². The van der Waals surface area contributed by atoms with Crippen LogP contribution in [0.25, 0.3) is 0 Å². The van der Waals surface area contributed by atoms with Crippen LogP contribution in [0.1, 0.15) is 26.3 Å². The third-order valence-corrected chi connectivity index (χ3v) is 3.36. The summed E-state index contributed by atoms with van der Waals surface area (Å²) in [7, 11) is 1.35. The first-order chi connectivity index (χ1) is 10.4. The minimum absolute atomic E-state index is 0.0685. The maximum absolute atomic E-state index is 12.2. The molecule has 0 aliphatic rings. The number of benzene rings is 2. The lowest BCUT2D eigenvalue weighted by Gasteiger charge is -2.12. The molecule has 0 fully saturated rings. The van der Waals surface area contributed by atoms with Gasteiger partial charge in [0, 0.05) is 11.6 Å². The number of hydrogen-bond donors (Lipinski definition) is 2. The molecule has 0 unspecified atom stereocenters. The number of ether oxygens (including phenoxy) is 1. The maximum atomic E-state index is 12.2. The average molecular weight is 320 g/mol. The number of carboxylic acid groups (broad SMARTS) is 1. The van der Waals surface area contributed by atoms with E-state index in [1.54, 1.807) is 18.2 Å². The van der Waals surface area contributed by atoms with Crippen LogP contribution in [0.15, 0.2) is 36.4 Å². The fraction of sp³-hybridized carbons (Fsp3) is 0.125. The SMILES string of the molecule is COc1cc(NC(=O)c2cccc(C)c2)c(Cl)cc1C(=O)O. The number of nitrogens with one attached hydrogen (secondary N) is 1. The molecule has 0 aliphatic heterocycles. The van der Waals surface area contributed by atoms with Crippen LogP contribution in [-0.4, -0.2) is 24.1 Å². The summed E-state index contributed by atoms with van der Waals surface area (Å²) in [5.74, 6) is -1.37. The number of methoxy groups -OCH3 is 1. The Morgan fingerprint density at radius 3 is 2.55 bits per heavy atom. The fourth-order valence-corrected chi connectivity index (χ4v) is 2.18. The topological polar surface area (TPSA) is 75.6 Å². The van der Waals surface area contributed by atoms with E-state index in [0.717, 1.165) is 5.56 Å². The van der Waals surface area contributed by atoms with Gasteiger partial charge >= 0.3 is 5.97 Å². The minimum atomic E-state index is -1.16. The average Bonchev–Trinajstić information content (AvgIpc) is 2.48. The number of aryl methyl sites for hydroxylation is 1. The van der Waals surface area contributed by atoms with Crippen molar-refractivity contribution < 1.29 is 19.4 Å². The summed E-state index contributed by atoms with van der Waals surface area (Å²) < 4.78 is 5.02. The summed E-state index contributed by atoms with van der Waals surface area (Å²) in [4.78, 5) is 23.3. The van der Waals surface area contributed by atoms with Crippen molar-refractivity contribution in [2.45, 2.75) is 6.92 Å². The van der Waals surface area contributed by atoms with Gasteiger partial charge in [0.25, 0.3) is 5.91 Å². The number of halogens is 1. The molecule has 114 valence electrons. The van der Waals surface area contributed by atoms with Crippen LogP contribution >= 0.6 is 11.6 Å². The van der Waals surface area contributed by atoms with Gasteiger partial charge in [0.15, 0.2) is 0 Å². The number of amides is 1. The summed E-state index contributed by atoms with van der Waals surface area (Å²) in [6, 6.07) is 9.72. The van der Waals surface area contributed by atoms with Crippen LogP contribution in [0.4, 0.5) is 5.69 Å². The first-order valence-corrected chi connectivity index (χ1v) is 6.79. The van der Waals surface area contributed by atoms with Crippen LogP contribution in [-0.2, 0) is 0 Å². The molecule has 0 heterocycles. The molecule has 0 saturated carbocycles. The van der Waals surface area contributed by atoms with E-state index in [9.17, 15) is 9.59 Å². The summed E-state index contributed by atoms with van der Waals surface area (Å²) >= 11 is 6.03. The van der Waals surface area contributed by atoms with Crippen molar-refractivity contribution in [2.75, 3.05) is 12.4 Å². The summed E-state index contributed by atoms with van der Waals surface area (Å²) in [6.45, 7) is 1.88. The second kappa shape index (κ2) is 6.49. The van der Waals surface area contributed by atoms with E-state index in [0.29, 0.717) is 5.56 Å². The molecule has 2 N–H and O–H groups in total. The summed E-state index contributed by atoms with van der Waals surface area (Å²) in [5.41, 5.74) is 1.66. The zero-order valence-corrected chi connectivity index (χ0v) is 12.8. The van der Waals surface area contributed by atoms with E-state index in [1.807, 2.05) is 13.0 Å². The normalized spacial score (nSPS) is 10.1. The van der Waals surface area contributed by atoms with Gasteiger partial charge in [0.1, 0.15) is 11.3 Å². The molecule has 1 amide bonds. The van der Waals surface area contributed by atoms with Gasteiger partial charge in [-0.3, -0.25) is 4.79 Å². The molecule has 0 aromatic heterocycles. The number of hydrogen-bond acceptors (Lipinski definition) is 3. The highest BCUT2D eigenvalue weighted by molar-refractivity contribution is 6.34. The minimum Gasteiger partial charge on any atom is -0.496 e. The highest BCUT2D eigenvalue weighted by Gasteiger charge is 2.16. The Balaban J connectivity index is 2.33. The molecule has 0 atom stereocenters. The summed E-state index contributed by atoms with van der Waals surface area (Å²) in [6.07, 6.45) is 0. The van der Waals surface area contributed by atoms with Crippen molar-refractivity contribution >= 4 is 29.2 Å². The molecule has 0 bridgehead atoms. The van der Waals surface area contributed by atoms with E-state index in [1.165, 1.54) is 19.2 Å². The number of carbonyl (C=O) groups excluding carboxylic acids is 1. The van der Waals surface area contributed by atoms with Crippen LogP contribution < -0.4 is 10.1 Å². The monoisotopic (exact) mass is 319 g/mol.